The summed E-state index contributed by atoms with van der Waals surface area (Å²) in [5, 5.41) is 19.9. The third-order valence-electron chi connectivity index (χ3n) is 3.20. The summed E-state index contributed by atoms with van der Waals surface area (Å²) in [6.45, 7) is 5.82. The zero-order chi connectivity index (χ0) is 14.9. The third-order valence-corrected chi connectivity index (χ3v) is 3.20. The normalized spacial score (nSPS) is 11.3. The predicted octanol–water partition coefficient (Wildman–Crippen LogP) is 3.63. The fourth-order valence-corrected chi connectivity index (χ4v) is 2.10. The second-order valence-corrected chi connectivity index (χ2v) is 5.83. The van der Waals surface area contributed by atoms with Gasteiger partial charge >= 0.3 is 0 Å². The molecule has 0 spiro atoms. The predicted molar refractivity (Wildman–Crippen MR) is 78.3 cm³/mol. The Hall–Kier alpha value is -2.29. The molecule has 0 atom stereocenters. The summed E-state index contributed by atoms with van der Waals surface area (Å²) >= 11 is 0. The summed E-state index contributed by atoms with van der Waals surface area (Å²) in [4.78, 5) is 12.4. The van der Waals surface area contributed by atoms with E-state index >= 15 is 0 Å². The number of hydrogen-bond acceptors (Lipinski definition) is 3. The molecule has 0 aliphatic heterocycles. The van der Waals surface area contributed by atoms with Gasteiger partial charge in [0.15, 0.2) is 5.78 Å². The molecule has 0 fully saturated rings. The second kappa shape index (κ2) is 5.00. The van der Waals surface area contributed by atoms with Crippen molar-refractivity contribution in [1.29, 1.82) is 0 Å². The molecule has 0 heterocycles. The summed E-state index contributed by atoms with van der Waals surface area (Å²) in [5.74, 6) is -0.461. The van der Waals surface area contributed by atoms with Crippen LogP contribution in [0.5, 0.6) is 11.5 Å². The largest absolute Gasteiger partial charge is 0.508 e. The van der Waals surface area contributed by atoms with Gasteiger partial charge in [0.25, 0.3) is 0 Å². The number of carbonyl (C=O) groups is 1. The van der Waals surface area contributed by atoms with E-state index in [0.717, 1.165) is 0 Å². The molecular formula is C17H18O3. The van der Waals surface area contributed by atoms with E-state index in [-0.39, 0.29) is 28.3 Å². The molecule has 0 amide bonds. The quantitative estimate of drug-likeness (QED) is 0.819. The molecule has 0 aliphatic carbocycles. The van der Waals surface area contributed by atoms with E-state index < -0.39 is 0 Å². The SMILES string of the molecule is CC(C)(C)c1cc(C(=O)c2ccccc2)c(O)cc1O. The molecule has 0 saturated carbocycles. The Morgan fingerprint density at radius 3 is 2.10 bits per heavy atom. The van der Waals surface area contributed by atoms with Crippen molar-refractivity contribution in [3.8, 4) is 11.5 Å². The summed E-state index contributed by atoms with van der Waals surface area (Å²) in [7, 11) is 0. The van der Waals surface area contributed by atoms with Crippen molar-refractivity contribution in [2.45, 2.75) is 26.2 Å². The molecule has 0 aromatic heterocycles. The van der Waals surface area contributed by atoms with E-state index in [1.165, 1.54) is 6.07 Å². The zero-order valence-corrected chi connectivity index (χ0v) is 11.8. The molecule has 0 saturated heterocycles. The molecule has 3 nitrogen and oxygen atoms in total. The van der Waals surface area contributed by atoms with E-state index in [4.69, 9.17) is 0 Å². The van der Waals surface area contributed by atoms with Crippen LogP contribution in [-0.2, 0) is 5.41 Å². The van der Waals surface area contributed by atoms with Crippen LogP contribution >= 0.6 is 0 Å². The maximum absolute atomic E-state index is 12.4. The average molecular weight is 270 g/mol. The highest BCUT2D eigenvalue weighted by Gasteiger charge is 2.23. The van der Waals surface area contributed by atoms with Crippen LogP contribution in [0.2, 0.25) is 0 Å². The number of aromatic hydroxyl groups is 2. The molecule has 104 valence electrons. The van der Waals surface area contributed by atoms with E-state index in [0.29, 0.717) is 11.1 Å². The van der Waals surface area contributed by atoms with Crippen LogP contribution in [0.25, 0.3) is 0 Å². The van der Waals surface area contributed by atoms with Gasteiger partial charge in [0.05, 0.1) is 5.56 Å². The molecule has 0 aliphatic rings. The summed E-state index contributed by atoms with van der Waals surface area (Å²) in [6.07, 6.45) is 0. The first-order chi connectivity index (χ1) is 9.30. The van der Waals surface area contributed by atoms with Crippen molar-refractivity contribution in [2.24, 2.45) is 0 Å². The van der Waals surface area contributed by atoms with Crippen LogP contribution in [0.3, 0.4) is 0 Å². The summed E-state index contributed by atoms with van der Waals surface area (Å²) < 4.78 is 0. The molecule has 2 rings (SSSR count). The van der Waals surface area contributed by atoms with Crippen molar-refractivity contribution in [3.63, 3.8) is 0 Å². The molecule has 0 unspecified atom stereocenters. The van der Waals surface area contributed by atoms with Crippen molar-refractivity contribution in [3.05, 3.63) is 59.2 Å². The van der Waals surface area contributed by atoms with Gasteiger partial charge in [0.2, 0.25) is 0 Å². The lowest BCUT2D eigenvalue weighted by molar-refractivity contribution is 0.103. The minimum absolute atomic E-state index is 0.000360. The van der Waals surface area contributed by atoms with Crippen molar-refractivity contribution >= 4 is 5.78 Å². The number of benzene rings is 2. The number of carbonyl (C=O) groups excluding carboxylic acids is 1. The van der Waals surface area contributed by atoms with Gasteiger partial charge in [0.1, 0.15) is 11.5 Å². The van der Waals surface area contributed by atoms with Crippen LogP contribution < -0.4 is 0 Å². The smallest absolute Gasteiger partial charge is 0.196 e. The van der Waals surface area contributed by atoms with Crippen LogP contribution in [0.4, 0.5) is 0 Å². The second-order valence-electron chi connectivity index (χ2n) is 5.83. The van der Waals surface area contributed by atoms with E-state index in [9.17, 15) is 15.0 Å². The lowest BCUT2D eigenvalue weighted by atomic mass is 9.84. The minimum atomic E-state index is -0.316. The van der Waals surface area contributed by atoms with Gasteiger partial charge in [-0.25, -0.2) is 0 Å². The fourth-order valence-electron chi connectivity index (χ4n) is 2.10. The van der Waals surface area contributed by atoms with E-state index in [1.807, 2.05) is 26.8 Å². The maximum Gasteiger partial charge on any atom is 0.196 e. The summed E-state index contributed by atoms with van der Waals surface area (Å²) in [5.41, 5.74) is 1.03. The lowest BCUT2D eigenvalue weighted by Crippen LogP contribution is -2.13. The number of rotatable bonds is 2. The Kier molecular flexibility index (Phi) is 3.53. The Balaban J connectivity index is 2.55. The van der Waals surface area contributed by atoms with Crippen molar-refractivity contribution < 1.29 is 15.0 Å². The number of phenolic OH excluding ortho intramolecular Hbond substituents is 2. The first-order valence-corrected chi connectivity index (χ1v) is 6.47. The van der Waals surface area contributed by atoms with Crippen LogP contribution in [0.15, 0.2) is 42.5 Å². The van der Waals surface area contributed by atoms with Gasteiger partial charge in [-0.2, -0.15) is 0 Å². The number of phenols is 2. The molecule has 20 heavy (non-hydrogen) atoms. The monoisotopic (exact) mass is 270 g/mol. The fraction of sp³-hybridized carbons (Fsp3) is 0.235. The van der Waals surface area contributed by atoms with Crippen molar-refractivity contribution in [1.82, 2.24) is 0 Å². The standard InChI is InChI=1S/C17H18O3/c1-17(2,3)13-9-12(14(18)10-15(13)19)16(20)11-7-5-4-6-8-11/h4-10,18-19H,1-3H3. The third kappa shape index (κ3) is 2.67. The van der Waals surface area contributed by atoms with Gasteiger partial charge in [-0.15, -0.1) is 0 Å². The van der Waals surface area contributed by atoms with E-state index in [1.54, 1.807) is 30.3 Å². The van der Waals surface area contributed by atoms with Gasteiger partial charge in [-0.3, -0.25) is 4.79 Å². The van der Waals surface area contributed by atoms with Gasteiger partial charge in [-0.05, 0) is 11.5 Å². The van der Waals surface area contributed by atoms with Crippen LogP contribution in [0.1, 0.15) is 42.3 Å². The number of hydrogen-bond donors (Lipinski definition) is 2. The first kappa shape index (κ1) is 14.1. The number of ketones is 1. The van der Waals surface area contributed by atoms with Crippen molar-refractivity contribution in [2.75, 3.05) is 0 Å². The molecule has 3 heteroatoms. The summed E-state index contributed by atoms with van der Waals surface area (Å²) in [6, 6.07) is 11.6. The first-order valence-electron chi connectivity index (χ1n) is 6.47. The molecule has 2 N–H and O–H groups in total. The van der Waals surface area contributed by atoms with Gasteiger partial charge < -0.3 is 10.2 Å². The molecule has 0 bridgehead atoms. The molecular weight excluding hydrogens is 252 g/mol. The highest BCUT2D eigenvalue weighted by atomic mass is 16.3. The Labute approximate surface area is 118 Å². The molecule has 2 aromatic rings. The van der Waals surface area contributed by atoms with Gasteiger partial charge in [-0.1, -0.05) is 51.1 Å². The highest BCUT2D eigenvalue weighted by molar-refractivity contribution is 6.10. The minimum Gasteiger partial charge on any atom is -0.508 e. The highest BCUT2D eigenvalue weighted by Crippen LogP contribution is 2.36. The zero-order valence-electron chi connectivity index (χ0n) is 11.8. The Morgan fingerprint density at radius 1 is 0.950 bits per heavy atom. The lowest BCUT2D eigenvalue weighted by Gasteiger charge is -2.21. The average Bonchev–Trinajstić information content (AvgIpc) is 2.37. The Bertz CT molecular complexity index is 637. The maximum atomic E-state index is 12.4. The van der Waals surface area contributed by atoms with E-state index in [2.05, 4.69) is 0 Å². The Morgan fingerprint density at radius 2 is 1.55 bits per heavy atom. The van der Waals surface area contributed by atoms with Crippen LogP contribution in [0, 0.1) is 0 Å². The molecule has 0 radical (unpaired) electrons. The molecule has 2 aromatic carbocycles. The topological polar surface area (TPSA) is 57.5 Å². The van der Waals surface area contributed by atoms with Crippen LogP contribution in [-0.4, -0.2) is 16.0 Å². The van der Waals surface area contributed by atoms with Gasteiger partial charge in [0, 0.05) is 17.2 Å².